The van der Waals surface area contributed by atoms with Crippen LogP contribution >= 0.6 is 23.5 Å². The molecule has 15 heavy (non-hydrogen) atoms. The van der Waals surface area contributed by atoms with Gasteiger partial charge >= 0.3 is 0 Å². The number of hydrogen-bond donors (Lipinski definition) is 0. The lowest BCUT2D eigenvalue weighted by atomic mass is 9.92. The molecule has 0 atom stereocenters. The summed E-state index contributed by atoms with van der Waals surface area (Å²) in [5, 5.41) is 0. The zero-order valence-corrected chi connectivity index (χ0v) is 12.6. The summed E-state index contributed by atoms with van der Waals surface area (Å²) in [7, 11) is 0. The molecular formula is C13H28S2. The summed E-state index contributed by atoms with van der Waals surface area (Å²) in [4.78, 5) is 0. The van der Waals surface area contributed by atoms with Gasteiger partial charge in [0.05, 0.1) is 0 Å². The highest BCUT2D eigenvalue weighted by atomic mass is 32.2. The SMILES string of the molecule is CCCCC(CCCC)(CCSC)SC. The molecule has 0 aromatic carbocycles. The van der Waals surface area contributed by atoms with E-state index in [1.165, 1.54) is 50.7 Å². The van der Waals surface area contributed by atoms with E-state index in [0.29, 0.717) is 4.75 Å². The summed E-state index contributed by atoms with van der Waals surface area (Å²) in [6.45, 7) is 4.61. The molecule has 0 saturated carbocycles. The monoisotopic (exact) mass is 248 g/mol. The summed E-state index contributed by atoms with van der Waals surface area (Å²) in [5.41, 5.74) is 0. The van der Waals surface area contributed by atoms with Crippen LogP contribution in [0.3, 0.4) is 0 Å². The molecule has 92 valence electrons. The fourth-order valence-corrected chi connectivity index (χ4v) is 3.69. The van der Waals surface area contributed by atoms with E-state index in [0.717, 1.165) is 0 Å². The van der Waals surface area contributed by atoms with E-state index in [1.807, 2.05) is 11.8 Å². The van der Waals surface area contributed by atoms with Gasteiger partial charge in [0.25, 0.3) is 0 Å². The first-order chi connectivity index (χ1) is 7.24. The van der Waals surface area contributed by atoms with Crippen molar-refractivity contribution in [1.82, 2.24) is 0 Å². The highest BCUT2D eigenvalue weighted by molar-refractivity contribution is 8.00. The molecule has 0 unspecified atom stereocenters. The van der Waals surface area contributed by atoms with Gasteiger partial charge in [-0.3, -0.25) is 0 Å². The summed E-state index contributed by atoms with van der Waals surface area (Å²) in [6, 6.07) is 0. The fourth-order valence-electron chi connectivity index (χ4n) is 1.97. The van der Waals surface area contributed by atoms with Crippen molar-refractivity contribution in [2.45, 2.75) is 63.5 Å². The molecule has 0 aliphatic heterocycles. The molecule has 0 heterocycles. The van der Waals surface area contributed by atoms with Crippen LogP contribution in [-0.2, 0) is 0 Å². The van der Waals surface area contributed by atoms with E-state index >= 15 is 0 Å². The van der Waals surface area contributed by atoms with Crippen LogP contribution in [0.15, 0.2) is 0 Å². The molecule has 0 radical (unpaired) electrons. The molecule has 0 aromatic rings. The lowest BCUT2D eigenvalue weighted by molar-refractivity contribution is 0.456. The molecule has 2 heteroatoms. The third kappa shape index (κ3) is 6.78. The lowest BCUT2D eigenvalue weighted by Gasteiger charge is -2.32. The molecule has 0 nitrogen and oxygen atoms in total. The molecule has 0 rings (SSSR count). The number of thioether (sulfide) groups is 2. The Bertz CT molecular complexity index is 113. The van der Waals surface area contributed by atoms with Gasteiger partial charge in [0.1, 0.15) is 0 Å². The summed E-state index contributed by atoms with van der Waals surface area (Å²) in [6.07, 6.45) is 14.3. The van der Waals surface area contributed by atoms with Crippen molar-refractivity contribution in [2.24, 2.45) is 0 Å². The Labute approximate surface area is 105 Å². The quantitative estimate of drug-likeness (QED) is 0.520. The Morgan fingerprint density at radius 2 is 1.40 bits per heavy atom. The molecule has 0 saturated heterocycles. The summed E-state index contributed by atoms with van der Waals surface area (Å²) >= 11 is 4.12. The van der Waals surface area contributed by atoms with Crippen LogP contribution in [0, 0.1) is 0 Å². The minimum Gasteiger partial charge on any atom is -0.165 e. The number of rotatable bonds is 10. The minimum atomic E-state index is 0.592. The van der Waals surface area contributed by atoms with Gasteiger partial charge in [-0.2, -0.15) is 23.5 Å². The van der Waals surface area contributed by atoms with Crippen molar-refractivity contribution in [3.63, 3.8) is 0 Å². The Morgan fingerprint density at radius 3 is 1.73 bits per heavy atom. The van der Waals surface area contributed by atoms with Gasteiger partial charge < -0.3 is 0 Å². The second-order valence-corrected chi connectivity index (χ2v) is 6.60. The van der Waals surface area contributed by atoms with Crippen molar-refractivity contribution < 1.29 is 0 Å². The van der Waals surface area contributed by atoms with Crippen LogP contribution in [0.1, 0.15) is 58.8 Å². The molecule has 0 fully saturated rings. The van der Waals surface area contributed by atoms with Crippen LogP contribution in [0.5, 0.6) is 0 Å². The molecular weight excluding hydrogens is 220 g/mol. The predicted molar refractivity (Wildman–Crippen MR) is 78.3 cm³/mol. The molecule has 0 amide bonds. The molecule has 0 N–H and O–H groups in total. The van der Waals surface area contributed by atoms with Gasteiger partial charge in [0.2, 0.25) is 0 Å². The Kier molecular flexibility index (Phi) is 10.4. The van der Waals surface area contributed by atoms with Gasteiger partial charge in [0, 0.05) is 4.75 Å². The van der Waals surface area contributed by atoms with Gasteiger partial charge in [-0.1, -0.05) is 39.5 Å². The molecule has 0 aliphatic rings. The first-order valence-electron chi connectivity index (χ1n) is 6.28. The fraction of sp³-hybridized carbons (Fsp3) is 1.00. The van der Waals surface area contributed by atoms with Gasteiger partial charge in [-0.25, -0.2) is 0 Å². The van der Waals surface area contributed by atoms with Gasteiger partial charge in [-0.15, -0.1) is 0 Å². The Balaban J connectivity index is 4.16. The molecule has 0 bridgehead atoms. The normalized spacial score (nSPS) is 12.0. The average Bonchev–Trinajstić information content (AvgIpc) is 2.29. The maximum atomic E-state index is 2.31. The number of hydrogen-bond acceptors (Lipinski definition) is 2. The van der Waals surface area contributed by atoms with Crippen molar-refractivity contribution in [3.05, 3.63) is 0 Å². The van der Waals surface area contributed by atoms with Crippen LogP contribution in [-0.4, -0.2) is 23.0 Å². The van der Waals surface area contributed by atoms with Crippen molar-refractivity contribution in [2.75, 3.05) is 18.3 Å². The van der Waals surface area contributed by atoms with E-state index in [-0.39, 0.29) is 0 Å². The predicted octanol–water partition coefficient (Wildman–Crippen LogP) is 5.22. The van der Waals surface area contributed by atoms with E-state index in [4.69, 9.17) is 0 Å². The Morgan fingerprint density at radius 1 is 0.867 bits per heavy atom. The topological polar surface area (TPSA) is 0 Å². The maximum Gasteiger partial charge on any atom is 0.0165 e. The molecule has 0 aliphatic carbocycles. The Hall–Kier alpha value is 0.700. The van der Waals surface area contributed by atoms with Crippen molar-refractivity contribution in [3.8, 4) is 0 Å². The van der Waals surface area contributed by atoms with E-state index in [1.54, 1.807) is 0 Å². The lowest BCUT2D eigenvalue weighted by Crippen LogP contribution is -2.25. The van der Waals surface area contributed by atoms with E-state index < -0.39 is 0 Å². The molecule has 0 aromatic heterocycles. The van der Waals surface area contributed by atoms with Crippen LogP contribution in [0.25, 0.3) is 0 Å². The smallest absolute Gasteiger partial charge is 0.0165 e. The third-order valence-electron chi connectivity index (χ3n) is 3.17. The number of unbranched alkanes of at least 4 members (excludes halogenated alkanes) is 2. The second-order valence-electron chi connectivity index (χ2n) is 4.34. The summed E-state index contributed by atoms with van der Waals surface area (Å²) < 4.78 is 0.592. The van der Waals surface area contributed by atoms with E-state index in [9.17, 15) is 0 Å². The van der Waals surface area contributed by atoms with Gasteiger partial charge in [-0.05, 0) is 37.5 Å². The maximum absolute atomic E-state index is 2.31. The highest BCUT2D eigenvalue weighted by Gasteiger charge is 2.26. The zero-order chi connectivity index (χ0) is 11.6. The van der Waals surface area contributed by atoms with E-state index in [2.05, 4.69) is 38.1 Å². The molecule has 0 spiro atoms. The van der Waals surface area contributed by atoms with Crippen molar-refractivity contribution >= 4 is 23.5 Å². The van der Waals surface area contributed by atoms with Crippen LogP contribution in [0.2, 0.25) is 0 Å². The van der Waals surface area contributed by atoms with Crippen molar-refractivity contribution in [1.29, 1.82) is 0 Å². The first kappa shape index (κ1) is 15.7. The standard InChI is InChI=1S/C13H28S2/c1-5-7-9-13(15-4,10-8-6-2)11-12-14-3/h5-12H2,1-4H3. The minimum absolute atomic E-state index is 0.592. The van der Waals surface area contributed by atoms with Crippen LogP contribution in [0.4, 0.5) is 0 Å². The van der Waals surface area contributed by atoms with Gasteiger partial charge in [0.15, 0.2) is 0 Å². The average molecular weight is 249 g/mol. The largest absolute Gasteiger partial charge is 0.165 e. The van der Waals surface area contributed by atoms with Crippen LogP contribution < -0.4 is 0 Å². The summed E-state index contributed by atoms with van der Waals surface area (Å²) in [5.74, 6) is 1.33. The highest BCUT2D eigenvalue weighted by Crippen LogP contribution is 2.38. The first-order valence-corrected chi connectivity index (χ1v) is 8.90. The second kappa shape index (κ2) is 9.89. The third-order valence-corrected chi connectivity index (χ3v) is 5.26. The zero-order valence-electron chi connectivity index (χ0n) is 11.0.